The number of nitrogens with zero attached hydrogens (tertiary/aromatic N) is 1. The Hall–Kier alpha value is -2.03. The van der Waals surface area contributed by atoms with Crippen LogP contribution in [0.2, 0.25) is 0 Å². The van der Waals surface area contributed by atoms with Crippen molar-refractivity contribution in [3.05, 3.63) is 48.6 Å². The van der Waals surface area contributed by atoms with Crippen molar-refractivity contribution in [1.82, 2.24) is 5.32 Å². The van der Waals surface area contributed by atoms with Crippen molar-refractivity contribution in [2.24, 2.45) is 0 Å². The molecule has 85 heavy (non-hydrogen) atoms. The van der Waals surface area contributed by atoms with Gasteiger partial charge in [0.1, 0.15) is 19.3 Å². The molecule has 3 atom stereocenters. The average molecular weight is 1220 g/mol. The SMILES string of the molecule is CCCCC/C=C\C/C=C\CCCCCCCCCCCCCCCCCCCC(=O)OC(/C=C\CCCCCCCCCCC)C(COP(=O)(O)OCC[N+](C)(C)C)NC(=O)CCCCCCCCCCCCC/C=C/CCCCCCCC. The summed E-state index contributed by atoms with van der Waals surface area (Å²) in [6, 6.07) is -0.847. The number of hydrogen-bond donors (Lipinski definition) is 2. The summed E-state index contributed by atoms with van der Waals surface area (Å²) in [4.78, 5) is 37.9. The first-order valence-corrected chi connectivity index (χ1v) is 38.5. The third-order valence-corrected chi connectivity index (χ3v) is 17.7. The van der Waals surface area contributed by atoms with Gasteiger partial charge in [0, 0.05) is 12.8 Å². The second-order valence-corrected chi connectivity index (χ2v) is 27.9. The van der Waals surface area contributed by atoms with Gasteiger partial charge in [0.2, 0.25) is 5.91 Å². The van der Waals surface area contributed by atoms with Gasteiger partial charge < -0.3 is 19.4 Å². The molecule has 0 aliphatic carbocycles. The second-order valence-electron chi connectivity index (χ2n) is 26.5. The Labute approximate surface area is 529 Å². The highest BCUT2D eigenvalue weighted by atomic mass is 31.2. The summed E-state index contributed by atoms with van der Waals surface area (Å²) in [5.41, 5.74) is 0. The van der Waals surface area contributed by atoms with Crippen LogP contribution in [-0.2, 0) is 27.9 Å². The van der Waals surface area contributed by atoms with E-state index in [1.54, 1.807) is 0 Å². The number of esters is 1. The highest BCUT2D eigenvalue weighted by molar-refractivity contribution is 7.47. The van der Waals surface area contributed by atoms with Crippen LogP contribution in [0, 0.1) is 0 Å². The number of nitrogens with one attached hydrogen (secondary N) is 1. The van der Waals surface area contributed by atoms with Crippen LogP contribution in [0.3, 0.4) is 0 Å². The molecule has 3 unspecified atom stereocenters. The van der Waals surface area contributed by atoms with Gasteiger partial charge in [-0.1, -0.05) is 314 Å². The number of allylic oxidation sites excluding steroid dienone is 7. The Morgan fingerprint density at radius 3 is 1.09 bits per heavy atom. The quantitative estimate of drug-likeness (QED) is 0.0205. The first kappa shape index (κ1) is 83.0. The molecular formula is C75H144N2O7P+. The van der Waals surface area contributed by atoms with Crippen molar-refractivity contribution in [1.29, 1.82) is 0 Å². The molecule has 9 nitrogen and oxygen atoms in total. The summed E-state index contributed by atoms with van der Waals surface area (Å²) in [5, 5.41) is 3.08. The third kappa shape index (κ3) is 66.2. The monoisotopic (exact) mass is 1220 g/mol. The number of unbranched alkanes of at least 4 members (excludes halogenated alkanes) is 46. The van der Waals surface area contributed by atoms with Crippen LogP contribution in [-0.4, -0.2) is 74.3 Å². The summed E-state index contributed by atoms with van der Waals surface area (Å²) in [6.07, 6.45) is 82.8. The zero-order chi connectivity index (χ0) is 62.1. The molecule has 0 spiro atoms. The lowest BCUT2D eigenvalue weighted by atomic mass is 10.0. The minimum Gasteiger partial charge on any atom is -0.456 e. The number of quaternary nitrogens is 1. The highest BCUT2D eigenvalue weighted by Gasteiger charge is 2.30. The fraction of sp³-hybridized carbons (Fsp3) is 0.867. The van der Waals surface area contributed by atoms with Crippen LogP contribution < -0.4 is 5.32 Å². The van der Waals surface area contributed by atoms with Gasteiger partial charge in [0.25, 0.3) is 0 Å². The summed E-state index contributed by atoms with van der Waals surface area (Å²) >= 11 is 0. The molecule has 0 saturated heterocycles. The maximum atomic E-state index is 13.6. The predicted molar refractivity (Wildman–Crippen MR) is 369 cm³/mol. The lowest BCUT2D eigenvalue weighted by Crippen LogP contribution is -2.47. The van der Waals surface area contributed by atoms with E-state index in [4.69, 9.17) is 13.8 Å². The van der Waals surface area contributed by atoms with E-state index in [-0.39, 0.29) is 25.1 Å². The average Bonchev–Trinajstić information content (AvgIpc) is 3.59. The molecule has 10 heteroatoms. The summed E-state index contributed by atoms with van der Waals surface area (Å²) in [7, 11) is 1.51. The molecule has 0 saturated carbocycles. The largest absolute Gasteiger partial charge is 0.472 e. The fourth-order valence-electron chi connectivity index (χ4n) is 11.0. The van der Waals surface area contributed by atoms with Crippen molar-refractivity contribution in [3.8, 4) is 0 Å². The van der Waals surface area contributed by atoms with E-state index in [2.05, 4.69) is 62.5 Å². The Morgan fingerprint density at radius 2 is 0.718 bits per heavy atom. The standard InChI is InChI=1S/C75H143N2O7P/c1-7-10-13-16-19-22-25-27-29-31-33-35-36-37-38-39-40-42-44-46-48-50-53-56-59-62-65-68-75(79)84-73(66-63-60-57-54-51-24-21-18-15-12-9-3)72(71-83-85(80,81)82-70-69-77(4,5)6)76-74(78)67-64-61-58-55-52-49-47-45-43-41-34-32-30-28-26-23-20-17-14-11-8-2/h19,22,27-30,63,66,72-73H,7-18,20-21,23-26,31-62,64-65,67-71H2,1-6H3,(H-,76,78,80,81)/p+1/b22-19-,29-27-,30-28+,66-63-. The molecule has 2 N–H and O–H groups in total. The number of rotatable bonds is 68. The van der Waals surface area contributed by atoms with E-state index in [1.165, 1.54) is 270 Å². The molecular weight excluding hydrogens is 1070 g/mol. The molecule has 0 aromatic carbocycles. The van der Waals surface area contributed by atoms with Gasteiger partial charge in [-0.05, 0) is 89.5 Å². The van der Waals surface area contributed by atoms with Gasteiger partial charge in [0.05, 0.1) is 33.8 Å². The first-order chi connectivity index (χ1) is 41.4. The summed E-state index contributed by atoms with van der Waals surface area (Å²) in [5.74, 6) is -0.489. The van der Waals surface area contributed by atoms with Crippen molar-refractivity contribution in [3.63, 3.8) is 0 Å². The Kier molecular flexibility index (Phi) is 63.4. The van der Waals surface area contributed by atoms with Crippen molar-refractivity contribution in [2.75, 3.05) is 40.9 Å². The maximum absolute atomic E-state index is 13.6. The summed E-state index contributed by atoms with van der Waals surface area (Å²) < 4.78 is 30.8. The molecule has 0 rings (SSSR count). The number of likely N-dealkylation sites (N-methyl/N-ethyl adjacent to an activating group) is 1. The van der Waals surface area contributed by atoms with Crippen molar-refractivity contribution in [2.45, 2.75) is 380 Å². The van der Waals surface area contributed by atoms with Gasteiger partial charge in [-0.2, -0.15) is 0 Å². The summed E-state index contributed by atoms with van der Waals surface area (Å²) in [6.45, 7) is 7.03. The Balaban J connectivity index is 4.93. The van der Waals surface area contributed by atoms with E-state index < -0.39 is 20.0 Å². The second kappa shape index (κ2) is 64.9. The number of carbonyl (C=O) groups excluding carboxylic acids is 2. The zero-order valence-corrected chi connectivity index (χ0v) is 58.3. The molecule has 0 fully saturated rings. The number of phosphoric ester groups is 1. The highest BCUT2D eigenvalue weighted by Crippen LogP contribution is 2.43. The van der Waals surface area contributed by atoms with Crippen LogP contribution in [0.4, 0.5) is 0 Å². The molecule has 500 valence electrons. The third-order valence-electron chi connectivity index (χ3n) is 16.7. The Morgan fingerprint density at radius 1 is 0.412 bits per heavy atom. The molecule has 0 aromatic rings. The maximum Gasteiger partial charge on any atom is 0.472 e. The number of hydrogen-bond acceptors (Lipinski definition) is 6. The lowest BCUT2D eigenvalue weighted by molar-refractivity contribution is -0.870. The van der Waals surface area contributed by atoms with E-state index in [9.17, 15) is 19.0 Å². The Bertz CT molecular complexity index is 1590. The molecule has 0 aliphatic rings. The molecule has 0 heterocycles. The predicted octanol–water partition coefficient (Wildman–Crippen LogP) is 23.6. The van der Waals surface area contributed by atoms with Crippen LogP contribution in [0.25, 0.3) is 0 Å². The van der Waals surface area contributed by atoms with Crippen LogP contribution >= 0.6 is 7.82 Å². The van der Waals surface area contributed by atoms with Gasteiger partial charge in [-0.3, -0.25) is 18.6 Å². The van der Waals surface area contributed by atoms with Gasteiger partial charge in [-0.25, -0.2) is 4.57 Å². The minimum absolute atomic E-state index is 0.0420. The number of phosphoric acid groups is 1. The molecule has 1 amide bonds. The van der Waals surface area contributed by atoms with Gasteiger partial charge in [0.15, 0.2) is 0 Å². The molecule has 0 bridgehead atoms. The van der Waals surface area contributed by atoms with E-state index in [1.807, 2.05) is 33.3 Å². The molecule has 0 aromatic heterocycles. The van der Waals surface area contributed by atoms with Gasteiger partial charge in [-0.15, -0.1) is 0 Å². The molecule has 0 aliphatic heterocycles. The smallest absolute Gasteiger partial charge is 0.456 e. The zero-order valence-electron chi connectivity index (χ0n) is 57.4. The van der Waals surface area contributed by atoms with Crippen LogP contribution in [0.1, 0.15) is 367 Å². The van der Waals surface area contributed by atoms with Crippen LogP contribution in [0.5, 0.6) is 0 Å². The number of ether oxygens (including phenoxy) is 1. The normalized spacial score (nSPS) is 13.7. The van der Waals surface area contributed by atoms with Gasteiger partial charge >= 0.3 is 13.8 Å². The number of amides is 1. The van der Waals surface area contributed by atoms with Crippen molar-refractivity contribution < 1.29 is 37.3 Å². The van der Waals surface area contributed by atoms with Crippen LogP contribution in [0.15, 0.2) is 48.6 Å². The van der Waals surface area contributed by atoms with E-state index >= 15 is 0 Å². The topological polar surface area (TPSA) is 111 Å². The number of carbonyl (C=O) groups is 2. The van der Waals surface area contributed by atoms with E-state index in [0.29, 0.717) is 23.9 Å². The minimum atomic E-state index is -4.45. The van der Waals surface area contributed by atoms with E-state index in [0.717, 1.165) is 64.2 Å². The van der Waals surface area contributed by atoms with Crippen molar-refractivity contribution >= 4 is 19.7 Å². The molecule has 0 radical (unpaired) electrons. The lowest BCUT2D eigenvalue weighted by Gasteiger charge is -2.27. The first-order valence-electron chi connectivity index (χ1n) is 37.0. The fourth-order valence-corrected chi connectivity index (χ4v) is 11.8.